The molecule has 0 aromatic heterocycles. The van der Waals surface area contributed by atoms with Gasteiger partial charge in [0.2, 0.25) is 0 Å². The van der Waals surface area contributed by atoms with E-state index < -0.39 is 0 Å². The molecule has 2 aromatic rings. The lowest BCUT2D eigenvalue weighted by molar-refractivity contribution is 0.620. The van der Waals surface area contributed by atoms with Crippen LogP contribution in [0.3, 0.4) is 0 Å². The molecule has 2 N–H and O–H groups in total. The minimum atomic E-state index is -0.187. The summed E-state index contributed by atoms with van der Waals surface area (Å²) in [6, 6.07) is 14.9. The third kappa shape index (κ3) is 3.57. The number of nitrogens with one attached hydrogen (secondary N) is 2. The lowest BCUT2D eigenvalue weighted by Crippen LogP contribution is -2.12. The van der Waals surface area contributed by atoms with Crippen LogP contribution in [0.1, 0.15) is 11.1 Å². The SMILES string of the molecule is CNc1ccc(CNCc2cccc(F)c2)cc1. The van der Waals surface area contributed by atoms with Gasteiger partial charge in [0.1, 0.15) is 5.82 Å². The molecule has 2 aromatic carbocycles. The predicted molar refractivity (Wildman–Crippen MR) is 72.9 cm³/mol. The quantitative estimate of drug-likeness (QED) is 0.844. The van der Waals surface area contributed by atoms with E-state index in [0.29, 0.717) is 6.54 Å². The average Bonchev–Trinajstić information content (AvgIpc) is 2.40. The summed E-state index contributed by atoms with van der Waals surface area (Å²) in [6.45, 7) is 1.45. The van der Waals surface area contributed by atoms with Gasteiger partial charge in [0.15, 0.2) is 0 Å². The first-order chi connectivity index (χ1) is 8.78. The third-order valence-corrected chi connectivity index (χ3v) is 2.79. The molecule has 0 saturated heterocycles. The number of anilines is 1. The molecule has 0 spiro atoms. The van der Waals surface area contributed by atoms with Crippen molar-refractivity contribution >= 4 is 5.69 Å². The Morgan fingerprint density at radius 3 is 2.33 bits per heavy atom. The Balaban J connectivity index is 1.84. The first-order valence-electron chi connectivity index (χ1n) is 6.00. The van der Waals surface area contributed by atoms with E-state index in [9.17, 15) is 4.39 Å². The summed E-state index contributed by atoms with van der Waals surface area (Å²) < 4.78 is 13.0. The van der Waals surface area contributed by atoms with E-state index in [1.807, 2.05) is 25.2 Å². The molecule has 0 aliphatic heterocycles. The summed E-state index contributed by atoms with van der Waals surface area (Å²) in [4.78, 5) is 0. The molecule has 0 aliphatic rings. The van der Waals surface area contributed by atoms with E-state index in [2.05, 4.69) is 22.8 Å². The molecule has 0 saturated carbocycles. The fourth-order valence-electron chi connectivity index (χ4n) is 1.79. The summed E-state index contributed by atoms with van der Waals surface area (Å²) in [5, 5.41) is 6.38. The van der Waals surface area contributed by atoms with Gasteiger partial charge in [-0.05, 0) is 35.4 Å². The highest BCUT2D eigenvalue weighted by atomic mass is 19.1. The molecule has 0 amide bonds. The molecule has 0 aliphatic carbocycles. The number of rotatable bonds is 5. The molecular formula is C15H17FN2. The van der Waals surface area contributed by atoms with Crippen molar-refractivity contribution in [3.8, 4) is 0 Å². The molecule has 0 fully saturated rings. The maximum atomic E-state index is 13.0. The van der Waals surface area contributed by atoms with Gasteiger partial charge in [0.25, 0.3) is 0 Å². The van der Waals surface area contributed by atoms with Crippen molar-refractivity contribution in [1.82, 2.24) is 5.32 Å². The minimum absolute atomic E-state index is 0.187. The molecule has 2 nitrogen and oxygen atoms in total. The Labute approximate surface area is 107 Å². The van der Waals surface area contributed by atoms with Crippen LogP contribution < -0.4 is 10.6 Å². The lowest BCUT2D eigenvalue weighted by Gasteiger charge is -2.06. The largest absolute Gasteiger partial charge is 0.388 e. The van der Waals surface area contributed by atoms with Gasteiger partial charge in [-0.3, -0.25) is 0 Å². The molecule has 18 heavy (non-hydrogen) atoms. The number of hydrogen-bond acceptors (Lipinski definition) is 2. The van der Waals surface area contributed by atoms with E-state index in [0.717, 1.165) is 17.8 Å². The van der Waals surface area contributed by atoms with Crippen LogP contribution in [-0.4, -0.2) is 7.05 Å². The Morgan fingerprint density at radius 2 is 1.67 bits per heavy atom. The minimum Gasteiger partial charge on any atom is -0.388 e. The van der Waals surface area contributed by atoms with Gasteiger partial charge in [-0.25, -0.2) is 4.39 Å². The van der Waals surface area contributed by atoms with E-state index in [1.165, 1.54) is 11.6 Å². The first kappa shape index (κ1) is 12.6. The second-order valence-electron chi connectivity index (χ2n) is 4.18. The molecule has 0 radical (unpaired) electrons. The molecule has 0 unspecified atom stereocenters. The fraction of sp³-hybridized carbons (Fsp3) is 0.200. The maximum absolute atomic E-state index is 13.0. The lowest BCUT2D eigenvalue weighted by atomic mass is 10.2. The van der Waals surface area contributed by atoms with Crippen LogP contribution in [0.15, 0.2) is 48.5 Å². The molecule has 0 bridgehead atoms. The van der Waals surface area contributed by atoms with Crippen molar-refractivity contribution < 1.29 is 4.39 Å². The zero-order chi connectivity index (χ0) is 12.8. The maximum Gasteiger partial charge on any atom is 0.123 e. The van der Waals surface area contributed by atoms with Crippen LogP contribution >= 0.6 is 0 Å². The summed E-state index contributed by atoms with van der Waals surface area (Å²) in [7, 11) is 1.90. The zero-order valence-electron chi connectivity index (χ0n) is 10.4. The normalized spacial score (nSPS) is 10.3. The van der Waals surface area contributed by atoms with Gasteiger partial charge in [-0.1, -0.05) is 24.3 Å². The molecule has 2 rings (SSSR count). The average molecular weight is 244 g/mol. The molecule has 0 heterocycles. The summed E-state index contributed by atoms with van der Waals surface area (Å²) in [6.07, 6.45) is 0. The van der Waals surface area contributed by atoms with Gasteiger partial charge in [-0.15, -0.1) is 0 Å². The van der Waals surface area contributed by atoms with Gasteiger partial charge in [0.05, 0.1) is 0 Å². The summed E-state index contributed by atoms with van der Waals surface area (Å²) in [5.74, 6) is -0.187. The Morgan fingerprint density at radius 1 is 0.944 bits per heavy atom. The van der Waals surface area contributed by atoms with Crippen molar-refractivity contribution in [3.05, 3.63) is 65.5 Å². The van der Waals surface area contributed by atoms with Crippen molar-refractivity contribution in [1.29, 1.82) is 0 Å². The van der Waals surface area contributed by atoms with E-state index >= 15 is 0 Å². The number of benzene rings is 2. The van der Waals surface area contributed by atoms with Gasteiger partial charge in [0, 0.05) is 25.8 Å². The van der Waals surface area contributed by atoms with Crippen molar-refractivity contribution in [2.24, 2.45) is 0 Å². The van der Waals surface area contributed by atoms with Crippen LogP contribution in [0, 0.1) is 5.82 Å². The Hall–Kier alpha value is -1.87. The topological polar surface area (TPSA) is 24.1 Å². The Bertz CT molecular complexity index is 494. The fourth-order valence-corrected chi connectivity index (χ4v) is 1.79. The van der Waals surface area contributed by atoms with E-state index in [-0.39, 0.29) is 5.82 Å². The second kappa shape index (κ2) is 6.17. The Kier molecular flexibility index (Phi) is 4.31. The second-order valence-corrected chi connectivity index (χ2v) is 4.18. The van der Waals surface area contributed by atoms with Crippen LogP contribution in [0.25, 0.3) is 0 Å². The smallest absolute Gasteiger partial charge is 0.123 e. The summed E-state index contributed by atoms with van der Waals surface area (Å²) >= 11 is 0. The monoisotopic (exact) mass is 244 g/mol. The van der Waals surface area contributed by atoms with Crippen molar-refractivity contribution in [2.45, 2.75) is 13.1 Å². The molecule has 0 atom stereocenters. The van der Waals surface area contributed by atoms with Crippen LogP contribution in [-0.2, 0) is 13.1 Å². The van der Waals surface area contributed by atoms with E-state index in [4.69, 9.17) is 0 Å². The van der Waals surface area contributed by atoms with Gasteiger partial charge >= 0.3 is 0 Å². The van der Waals surface area contributed by atoms with Crippen molar-refractivity contribution in [3.63, 3.8) is 0 Å². The number of hydrogen-bond donors (Lipinski definition) is 2. The van der Waals surface area contributed by atoms with Crippen LogP contribution in [0.2, 0.25) is 0 Å². The highest BCUT2D eigenvalue weighted by Crippen LogP contribution is 2.09. The van der Waals surface area contributed by atoms with Crippen molar-refractivity contribution in [2.75, 3.05) is 12.4 Å². The van der Waals surface area contributed by atoms with Crippen LogP contribution in [0.5, 0.6) is 0 Å². The van der Waals surface area contributed by atoms with Gasteiger partial charge in [-0.2, -0.15) is 0 Å². The highest BCUT2D eigenvalue weighted by molar-refractivity contribution is 5.43. The van der Waals surface area contributed by atoms with Gasteiger partial charge < -0.3 is 10.6 Å². The first-order valence-corrected chi connectivity index (χ1v) is 6.00. The number of halogens is 1. The highest BCUT2D eigenvalue weighted by Gasteiger charge is 1.96. The standard InChI is InChI=1S/C15H17FN2/c1-17-15-7-5-12(6-8-15)10-18-11-13-3-2-4-14(16)9-13/h2-9,17-18H,10-11H2,1H3. The van der Waals surface area contributed by atoms with Crippen LogP contribution in [0.4, 0.5) is 10.1 Å². The molecule has 94 valence electrons. The third-order valence-electron chi connectivity index (χ3n) is 2.79. The zero-order valence-corrected chi connectivity index (χ0v) is 10.4. The van der Waals surface area contributed by atoms with E-state index in [1.54, 1.807) is 12.1 Å². The predicted octanol–water partition coefficient (Wildman–Crippen LogP) is 3.16. The molecular weight excluding hydrogens is 227 g/mol. The molecule has 3 heteroatoms. The summed E-state index contributed by atoms with van der Waals surface area (Å²) in [5.41, 5.74) is 3.27.